The monoisotopic (exact) mass is 276 g/mol. The van der Waals surface area contributed by atoms with Crippen molar-refractivity contribution in [2.45, 2.75) is 6.42 Å². The Morgan fingerprint density at radius 2 is 2.21 bits per heavy atom. The number of carbonyl (C=O) groups excluding carboxylic acids is 1. The first-order valence-electron chi connectivity index (χ1n) is 5.95. The van der Waals surface area contributed by atoms with Crippen molar-refractivity contribution in [2.24, 2.45) is 0 Å². The summed E-state index contributed by atoms with van der Waals surface area (Å²) in [5, 5.41) is 4.88. The number of amides is 1. The summed E-state index contributed by atoms with van der Waals surface area (Å²) in [5.74, 6) is 0.292. The molecule has 0 bridgehead atoms. The summed E-state index contributed by atoms with van der Waals surface area (Å²) >= 11 is 1.68. The second kappa shape index (κ2) is 6.24. The van der Waals surface area contributed by atoms with Crippen molar-refractivity contribution in [1.82, 2.24) is 5.32 Å². The molecule has 2 aromatic rings. The van der Waals surface area contributed by atoms with Crippen LogP contribution >= 0.6 is 11.3 Å². The third-order valence-electron chi connectivity index (χ3n) is 2.74. The lowest BCUT2D eigenvalue weighted by atomic mass is 10.1. The first-order valence-corrected chi connectivity index (χ1v) is 6.83. The molecule has 1 aromatic carbocycles. The number of hydrogen-bond donors (Lipinski definition) is 2. The van der Waals surface area contributed by atoms with Crippen LogP contribution in [0.25, 0.3) is 0 Å². The van der Waals surface area contributed by atoms with E-state index >= 15 is 0 Å². The lowest BCUT2D eigenvalue weighted by Gasteiger charge is -2.11. The van der Waals surface area contributed by atoms with Gasteiger partial charge in [-0.1, -0.05) is 12.1 Å². The van der Waals surface area contributed by atoms with E-state index < -0.39 is 0 Å². The summed E-state index contributed by atoms with van der Waals surface area (Å²) in [7, 11) is 1.53. The van der Waals surface area contributed by atoms with Crippen LogP contribution in [0.5, 0.6) is 5.75 Å². The quantitative estimate of drug-likeness (QED) is 0.824. The minimum Gasteiger partial charge on any atom is -0.496 e. The molecule has 100 valence electrons. The second-order valence-corrected chi connectivity index (χ2v) is 5.04. The van der Waals surface area contributed by atoms with E-state index in [0.29, 0.717) is 23.5 Å². The van der Waals surface area contributed by atoms with Gasteiger partial charge in [-0.25, -0.2) is 0 Å². The maximum Gasteiger partial charge on any atom is 0.257 e. The molecule has 0 radical (unpaired) electrons. The van der Waals surface area contributed by atoms with Crippen molar-refractivity contribution >= 4 is 22.9 Å². The largest absolute Gasteiger partial charge is 0.496 e. The van der Waals surface area contributed by atoms with Crippen LogP contribution in [0.1, 0.15) is 15.2 Å². The van der Waals surface area contributed by atoms with Crippen LogP contribution in [-0.4, -0.2) is 19.6 Å². The van der Waals surface area contributed by atoms with E-state index in [4.69, 9.17) is 10.5 Å². The van der Waals surface area contributed by atoms with E-state index in [2.05, 4.69) is 5.32 Å². The van der Waals surface area contributed by atoms with Crippen molar-refractivity contribution < 1.29 is 9.53 Å². The Labute approximate surface area is 116 Å². The average molecular weight is 276 g/mol. The van der Waals surface area contributed by atoms with Gasteiger partial charge in [-0.15, -0.1) is 11.3 Å². The maximum absolute atomic E-state index is 12.1. The predicted molar refractivity (Wildman–Crippen MR) is 77.8 cm³/mol. The minimum absolute atomic E-state index is 0.202. The second-order valence-electron chi connectivity index (χ2n) is 4.01. The molecule has 4 nitrogen and oxygen atoms in total. The molecule has 1 amide bonds. The number of nitrogens with two attached hydrogens (primary N) is 1. The zero-order valence-corrected chi connectivity index (χ0v) is 11.5. The van der Waals surface area contributed by atoms with Gasteiger partial charge in [0.1, 0.15) is 11.3 Å². The molecule has 0 spiro atoms. The van der Waals surface area contributed by atoms with E-state index in [1.807, 2.05) is 17.5 Å². The number of benzene rings is 1. The number of nitrogen functional groups attached to an aromatic ring is 1. The molecule has 0 fully saturated rings. The number of thiophene rings is 1. The fourth-order valence-corrected chi connectivity index (χ4v) is 2.51. The van der Waals surface area contributed by atoms with E-state index in [0.717, 1.165) is 6.42 Å². The highest BCUT2D eigenvalue weighted by atomic mass is 32.1. The Kier molecular flexibility index (Phi) is 4.41. The first-order chi connectivity index (χ1) is 9.22. The molecule has 0 unspecified atom stereocenters. The first kappa shape index (κ1) is 13.4. The molecule has 0 atom stereocenters. The molecule has 0 aliphatic carbocycles. The Morgan fingerprint density at radius 3 is 2.89 bits per heavy atom. The maximum atomic E-state index is 12.1. The van der Waals surface area contributed by atoms with Gasteiger partial charge in [0.15, 0.2) is 0 Å². The van der Waals surface area contributed by atoms with Crippen molar-refractivity contribution in [3.63, 3.8) is 0 Å². The highest BCUT2D eigenvalue weighted by molar-refractivity contribution is 7.09. The highest BCUT2D eigenvalue weighted by Gasteiger charge is 2.14. The topological polar surface area (TPSA) is 64.3 Å². The Balaban J connectivity index is 2.00. The standard InChI is InChI=1S/C14H16N2O2S/c1-18-12-6-2-5-11(15)13(12)14(17)16-8-7-10-4-3-9-19-10/h2-6,9H,7-8,15H2,1H3,(H,16,17). The summed E-state index contributed by atoms with van der Waals surface area (Å²) in [6, 6.07) is 9.23. The van der Waals surface area contributed by atoms with Gasteiger partial charge >= 0.3 is 0 Å². The number of hydrogen-bond acceptors (Lipinski definition) is 4. The average Bonchev–Trinajstić information content (AvgIpc) is 2.91. The third kappa shape index (κ3) is 3.26. The van der Waals surface area contributed by atoms with Gasteiger partial charge in [-0.3, -0.25) is 4.79 Å². The van der Waals surface area contributed by atoms with Crippen LogP contribution in [0.3, 0.4) is 0 Å². The van der Waals surface area contributed by atoms with Crippen LogP contribution < -0.4 is 15.8 Å². The third-order valence-corrected chi connectivity index (χ3v) is 3.68. The molecule has 1 heterocycles. The highest BCUT2D eigenvalue weighted by Crippen LogP contribution is 2.23. The van der Waals surface area contributed by atoms with Crippen molar-refractivity contribution in [3.05, 3.63) is 46.2 Å². The molecular weight excluding hydrogens is 260 g/mol. The van der Waals surface area contributed by atoms with Crippen molar-refractivity contribution in [2.75, 3.05) is 19.4 Å². The summed E-state index contributed by atoms with van der Waals surface area (Å²) in [4.78, 5) is 13.3. The summed E-state index contributed by atoms with van der Waals surface area (Å²) in [6.45, 7) is 0.580. The van der Waals surface area contributed by atoms with Gasteiger partial charge in [0.05, 0.1) is 7.11 Å². The lowest BCUT2D eigenvalue weighted by Crippen LogP contribution is -2.26. The summed E-state index contributed by atoms with van der Waals surface area (Å²) in [5.41, 5.74) is 6.65. The van der Waals surface area contributed by atoms with Gasteiger partial charge < -0.3 is 15.8 Å². The molecule has 1 aromatic heterocycles. The van der Waals surface area contributed by atoms with Crippen molar-refractivity contribution in [1.29, 1.82) is 0 Å². The van der Waals surface area contributed by atoms with Crippen LogP contribution in [0, 0.1) is 0 Å². The number of methoxy groups -OCH3 is 1. The van der Waals surface area contributed by atoms with Gasteiger partial charge in [0, 0.05) is 17.1 Å². The predicted octanol–water partition coefficient (Wildman–Crippen LogP) is 2.31. The van der Waals surface area contributed by atoms with Gasteiger partial charge in [0.25, 0.3) is 5.91 Å². The summed E-state index contributed by atoms with van der Waals surface area (Å²) in [6.07, 6.45) is 0.818. The van der Waals surface area contributed by atoms with E-state index in [9.17, 15) is 4.79 Å². The van der Waals surface area contributed by atoms with E-state index in [1.165, 1.54) is 12.0 Å². The zero-order chi connectivity index (χ0) is 13.7. The van der Waals surface area contributed by atoms with Crippen LogP contribution in [-0.2, 0) is 6.42 Å². The number of ether oxygens (including phenoxy) is 1. The molecule has 3 N–H and O–H groups in total. The Morgan fingerprint density at radius 1 is 1.37 bits per heavy atom. The van der Waals surface area contributed by atoms with Gasteiger partial charge in [0.2, 0.25) is 0 Å². The van der Waals surface area contributed by atoms with Crippen molar-refractivity contribution in [3.8, 4) is 5.75 Å². The molecule has 19 heavy (non-hydrogen) atoms. The minimum atomic E-state index is -0.202. The number of anilines is 1. The van der Waals surface area contributed by atoms with Crippen LogP contribution in [0.2, 0.25) is 0 Å². The fraction of sp³-hybridized carbons (Fsp3) is 0.214. The zero-order valence-electron chi connectivity index (χ0n) is 10.7. The molecular formula is C14H16N2O2S. The van der Waals surface area contributed by atoms with E-state index in [1.54, 1.807) is 29.5 Å². The number of rotatable bonds is 5. The molecule has 0 saturated heterocycles. The Hall–Kier alpha value is -2.01. The smallest absolute Gasteiger partial charge is 0.257 e. The fourth-order valence-electron chi connectivity index (χ4n) is 1.80. The Bertz CT molecular complexity index is 553. The van der Waals surface area contributed by atoms with Gasteiger partial charge in [-0.05, 0) is 30.0 Å². The molecule has 0 aliphatic heterocycles. The lowest BCUT2D eigenvalue weighted by molar-refractivity contribution is 0.0952. The SMILES string of the molecule is COc1cccc(N)c1C(=O)NCCc1cccs1. The number of carbonyl (C=O) groups is 1. The number of nitrogens with one attached hydrogen (secondary N) is 1. The molecule has 0 saturated carbocycles. The van der Waals surface area contributed by atoms with Crippen LogP contribution in [0.15, 0.2) is 35.7 Å². The normalized spacial score (nSPS) is 10.2. The van der Waals surface area contributed by atoms with Gasteiger partial charge in [-0.2, -0.15) is 0 Å². The molecule has 2 rings (SSSR count). The molecule has 5 heteroatoms. The molecule has 0 aliphatic rings. The van der Waals surface area contributed by atoms with E-state index in [-0.39, 0.29) is 5.91 Å². The summed E-state index contributed by atoms with van der Waals surface area (Å²) < 4.78 is 5.16. The van der Waals surface area contributed by atoms with Crippen LogP contribution in [0.4, 0.5) is 5.69 Å².